The third-order valence-corrected chi connectivity index (χ3v) is 4.18. The summed E-state index contributed by atoms with van der Waals surface area (Å²) in [6, 6.07) is 10.3. The van der Waals surface area contributed by atoms with Gasteiger partial charge < -0.3 is 10.1 Å². The van der Waals surface area contributed by atoms with Gasteiger partial charge in [0.2, 0.25) is 5.88 Å². The van der Waals surface area contributed by atoms with Gasteiger partial charge in [0.1, 0.15) is 5.56 Å². The first-order valence-electron chi connectivity index (χ1n) is 8.68. The van der Waals surface area contributed by atoms with Gasteiger partial charge in [-0.1, -0.05) is 12.1 Å². The van der Waals surface area contributed by atoms with E-state index in [2.05, 4.69) is 19.9 Å². The zero-order chi connectivity index (χ0) is 19.3. The van der Waals surface area contributed by atoms with Gasteiger partial charge in [0.15, 0.2) is 6.61 Å². The maximum absolute atomic E-state index is 12.5. The van der Waals surface area contributed by atoms with Crippen LogP contribution < -0.4 is 10.1 Å². The number of benzene rings is 1. The van der Waals surface area contributed by atoms with Gasteiger partial charge in [-0.3, -0.25) is 9.69 Å². The minimum atomic E-state index is -4.50. The van der Waals surface area contributed by atoms with E-state index >= 15 is 0 Å². The van der Waals surface area contributed by atoms with Crippen LogP contribution in [0.4, 0.5) is 18.9 Å². The van der Waals surface area contributed by atoms with Crippen molar-refractivity contribution in [1.29, 1.82) is 0 Å². The smallest absolute Gasteiger partial charge is 0.422 e. The van der Waals surface area contributed by atoms with Crippen LogP contribution in [-0.2, 0) is 6.54 Å². The van der Waals surface area contributed by atoms with Crippen molar-refractivity contribution < 1.29 is 22.7 Å². The van der Waals surface area contributed by atoms with Crippen LogP contribution in [0.5, 0.6) is 5.88 Å². The zero-order valence-electron chi connectivity index (χ0n) is 14.6. The molecule has 0 atom stereocenters. The lowest BCUT2D eigenvalue weighted by Crippen LogP contribution is -2.22. The monoisotopic (exact) mass is 379 g/mol. The molecule has 0 unspecified atom stereocenters. The summed E-state index contributed by atoms with van der Waals surface area (Å²) in [4.78, 5) is 18.6. The molecule has 1 saturated heterocycles. The summed E-state index contributed by atoms with van der Waals surface area (Å²) in [7, 11) is 0. The highest BCUT2D eigenvalue weighted by molar-refractivity contribution is 6.05. The van der Waals surface area contributed by atoms with E-state index in [0.29, 0.717) is 5.69 Å². The van der Waals surface area contributed by atoms with Crippen LogP contribution in [-0.4, -0.2) is 41.7 Å². The molecule has 144 valence electrons. The first-order chi connectivity index (χ1) is 12.9. The first-order valence-corrected chi connectivity index (χ1v) is 8.68. The maximum Gasteiger partial charge on any atom is 0.422 e. The molecule has 27 heavy (non-hydrogen) atoms. The lowest BCUT2D eigenvalue weighted by molar-refractivity contribution is -0.154. The van der Waals surface area contributed by atoms with Crippen molar-refractivity contribution in [2.75, 3.05) is 25.0 Å². The molecule has 0 spiro atoms. The Labute approximate surface area is 155 Å². The second-order valence-corrected chi connectivity index (χ2v) is 6.40. The third kappa shape index (κ3) is 5.68. The Morgan fingerprint density at radius 2 is 1.96 bits per heavy atom. The van der Waals surface area contributed by atoms with Gasteiger partial charge in [0.25, 0.3) is 5.91 Å². The first kappa shape index (κ1) is 19.2. The van der Waals surface area contributed by atoms with Gasteiger partial charge in [0, 0.05) is 18.4 Å². The van der Waals surface area contributed by atoms with Crippen LogP contribution >= 0.6 is 0 Å². The van der Waals surface area contributed by atoms with E-state index in [-0.39, 0.29) is 11.4 Å². The van der Waals surface area contributed by atoms with Crippen molar-refractivity contribution in [2.45, 2.75) is 25.6 Å². The van der Waals surface area contributed by atoms with Crippen molar-refractivity contribution in [1.82, 2.24) is 9.88 Å². The number of alkyl halides is 3. The number of carbonyl (C=O) groups is 1. The minimum absolute atomic E-state index is 0.0494. The predicted octanol–water partition coefficient (Wildman–Crippen LogP) is 3.87. The molecule has 1 aliphatic rings. The van der Waals surface area contributed by atoms with Gasteiger partial charge in [0.05, 0.1) is 0 Å². The Morgan fingerprint density at radius 3 is 2.70 bits per heavy atom. The highest BCUT2D eigenvalue weighted by Gasteiger charge is 2.29. The van der Waals surface area contributed by atoms with Crippen molar-refractivity contribution in [3.63, 3.8) is 0 Å². The number of halogens is 3. The quantitative estimate of drug-likeness (QED) is 0.828. The van der Waals surface area contributed by atoms with Crippen molar-refractivity contribution in [3.05, 3.63) is 53.7 Å². The fourth-order valence-electron chi connectivity index (χ4n) is 2.97. The van der Waals surface area contributed by atoms with E-state index in [1.165, 1.54) is 31.2 Å². The molecule has 1 N–H and O–H groups in total. The van der Waals surface area contributed by atoms with Crippen LogP contribution in [0.15, 0.2) is 42.6 Å². The number of rotatable bonds is 6. The Bertz CT molecular complexity index is 790. The topological polar surface area (TPSA) is 54.5 Å². The molecule has 0 radical (unpaired) electrons. The number of ether oxygens (including phenoxy) is 1. The maximum atomic E-state index is 12.5. The molecular formula is C19H20F3N3O2. The summed E-state index contributed by atoms with van der Waals surface area (Å²) < 4.78 is 41.8. The van der Waals surface area contributed by atoms with E-state index in [4.69, 9.17) is 0 Å². The average molecular weight is 379 g/mol. The summed E-state index contributed by atoms with van der Waals surface area (Å²) in [5.41, 5.74) is 1.59. The molecule has 2 aromatic rings. The molecule has 1 aliphatic heterocycles. The summed E-state index contributed by atoms with van der Waals surface area (Å²) in [5.74, 6) is -0.917. The van der Waals surface area contributed by atoms with Crippen molar-refractivity contribution in [2.24, 2.45) is 0 Å². The summed E-state index contributed by atoms with van der Waals surface area (Å²) in [5, 5.41) is 2.70. The Hall–Kier alpha value is -2.61. The SMILES string of the molecule is O=C(Nc1cccc(CN2CCCC2)c1)c1cccnc1OCC(F)(F)F. The number of hydrogen-bond acceptors (Lipinski definition) is 4. The summed E-state index contributed by atoms with van der Waals surface area (Å²) in [6.07, 6.45) is -0.843. The van der Waals surface area contributed by atoms with Gasteiger partial charge in [-0.15, -0.1) is 0 Å². The van der Waals surface area contributed by atoms with Crippen LogP contribution in [0.25, 0.3) is 0 Å². The van der Waals surface area contributed by atoms with Gasteiger partial charge in [-0.25, -0.2) is 4.98 Å². The number of likely N-dealkylation sites (tertiary alicyclic amines) is 1. The van der Waals surface area contributed by atoms with Crippen LogP contribution in [0.1, 0.15) is 28.8 Å². The standard InChI is InChI=1S/C19H20F3N3O2/c20-19(21,22)13-27-18-16(7-4-8-23-18)17(26)24-15-6-3-5-14(11-15)12-25-9-1-2-10-25/h3-8,11H,1-2,9-10,12-13H2,(H,24,26). The lowest BCUT2D eigenvalue weighted by Gasteiger charge is -2.15. The van der Waals surface area contributed by atoms with Crippen LogP contribution in [0.3, 0.4) is 0 Å². The summed E-state index contributed by atoms with van der Waals surface area (Å²) >= 11 is 0. The van der Waals surface area contributed by atoms with Crippen molar-refractivity contribution in [3.8, 4) is 5.88 Å². The average Bonchev–Trinajstić information content (AvgIpc) is 3.13. The summed E-state index contributed by atoms with van der Waals surface area (Å²) in [6.45, 7) is 1.42. The van der Waals surface area contributed by atoms with Crippen molar-refractivity contribution >= 4 is 11.6 Å². The molecule has 8 heteroatoms. The molecule has 5 nitrogen and oxygen atoms in total. The van der Waals surface area contributed by atoms with E-state index in [1.807, 2.05) is 18.2 Å². The van der Waals surface area contributed by atoms with Gasteiger partial charge in [-0.05, 0) is 55.8 Å². The molecule has 0 aliphatic carbocycles. The fraction of sp³-hybridized carbons (Fsp3) is 0.368. The normalized spacial score (nSPS) is 14.9. The number of anilines is 1. The van der Waals surface area contributed by atoms with E-state index < -0.39 is 18.7 Å². The minimum Gasteiger partial charge on any atom is -0.467 e. The fourth-order valence-corrected chi connectivity index (χ4v) is 2.97. The second kappa shape index (κ2) is 8.39. The molecule has 3 rings (SSSR count). The molecule has 1 aromatic heterocycles. The van der Waals surface area contributed by atoms with E-state index in [0.717, 1.165) is 25.2 Å². The number of carbonyl (C=O) groups excluding carboxylic acids is 1. The van der Waals surface area contributed by atoms with E-state index in [9.17, 15) is 18.0 Å². The number of aromatic nitrogens is 1. The Morgan fingerprint density at radius 1 is 1.19 bits per heavy atom. The predicted molar refractivity (Wildman–Crippen MR) is 94.7 cm³/mol. The number of nitrogens with one attached hydrogen (secondary N) is 1. The molecule has 1 aromatic carbocycles. The highest BCUT2D eigenvalue weighted by atomic mass is 19.4. The molecular weight excluding hydrogens is 359 g/mol. The third-order valence-electron chi connectivity index (χ3n) is 4.18. The van der Waals surface area contributed by atoms with Crippen LogP contribution in [0, 0.1) is 0 Å². The zero-order valence-corrected chi connectivity index (χ0v) is 14.6. The van der Waals surface area contributed by atoms with Gasteiger partial charge in [-0.2, -0.15) is 13.2 Å². The largest absolute Gasteiger partial charge is 0.467 e. The van der Waals surface area contributed by atoms with Gasteiger partial charge >= 0.3 is 6.18 Å². The lowest BCUT2D eigenvalue weighted by atomic mass is 10.1. The number of hydrogen-bond donors (Lipinski definition) is 1. The molecule has 0 bridgehead atoms. The molecule has 1 amide bonds. The Kier molecular flexibility index (Phi) is 5.95. The number of nitrogens with zero attached hydrogens (tertiary/aromatic N) is 2. The highest BCUT2D eigenvalue weighted by Crippen LogP contribution is 2.22. The molecule has 0 saturated carbocycles. The molecule has 1 fully saturated rings. The molecule has 2 heterocycles. The second-order valence-electron chi connectivity index (χ2n) is 6.40. The number of amides is 1. The Balaban J connectivity index is 1.68. The van der Waals surface area contributed by atoms with E-state index in [1.54, 1.807) is 6.07 Å². The number of pyridine rings is 1. The van der Waals surface area contributed by atoms with Crippen LogP contribution in [0.2, 0.25) is 0 Å².